The highest BCUT2D eigenvalue weighted by Crippen LogP contribution is 2.27. The van der Waals surface area contributed by atoms with Gasteiger partial charge in [-0.05, 0) is 31.2 Å². The van der Waals surface area contributed by atoms with Crippen molar-refractivity contribution in [3.63, 3.8) is 0 Å². The molecule has 1 aliphatic heterocycles. The summed E-state index contributed by atoms with van der Waals surface area (Å²) in [6.45, 7) is 6.28. The first-order chi connectivity index (χ1) is 17.1. The molecule has 0 saturated carbocycles. The quantitative estimate of drug-likeness (QED) is 0.668. The summed E-state index contributed by atoms with van der Waals surface area (Å²) in [6.07, 6.45) is -0.278. The molecule has 0 radical (unpaired) electrons. The number of carbonyl (C=O) groups is 3. The lowest BCUT2D eigenvalue weighted by Crippen LogP contribution is -2.48. The van der Waals surface area contributed by atoms with Crippen LogP contribution in [0.4, 0.5) is 20.6 Å². The number of anilines is 2. The zero-order chi connectivity index (χ0) is 26.4. The Labute approximate surface area is 210 Å². The second-order valence-electron chi connectivity index (χ2n) is 9.04. The monoisotopic (exact) mass is 500 g/mol. The lowest BCUT2D eigenvalue weighted by atomic mass is 10.0. The van der Waals surface area contributed by atoms with Crippen molar-refractivity contribution in [1.29, 1.82) is 0 Å². The Kier molecular flexibility index (Phi) is 8.87. The number of likely N-dealkylation sites (N-methyl/N-ethyl adjacent to an activating group) is 1. The first-order valence-electron chi connectivity index (χ1n) is 11.8. The molecule has 1 heterocycles. The number of carbonyl (C=O) groups excluding carboxylic acids is 3. The lowest BCUT2D eigenvalue weighted by Gasteiger charge is -2.35. The number of ether oxygens (including phenoxy) is 2. The van der Waals surface area contributed by atoms with E-state index in [1.165, 1.54) is 31.2 Å². The van der Waals surface area contributed by atoms with Gasteiger partial charge in [-0.3, -0.25) is 9.59 Å². The zero-order valence-corrected chi connectivity index (χ0v) is 21.2. The number of hydrogen-bond donors (Lipinski definition) is 2. The van der Waals surface area contributed by atoms with Gasteiger partial charge in [0.25, 0.3) is 5.91 Å². The number of halogens is 1. The van der Waals surface area contributed by atoms with Gasteiger partial charge in [0.05, 0.1) is 23.4 Å². The fourth-order valence-electron chi connectivity index (χ4n) is 4.14. The molecule has 0 saturated heterocycles. The number of urea groups is 1. The molecule has 0 fully saturated rings. The van der Waals surface area contributed by atoms with Gasteiger partial charge in [0.1, 0.15) is 18.2 Å². The Hall–Kier alpha value is -3.66. The predicted octanol–water partition coefficient (Wildman–Crippen LogP) is 3.82. The molecule has 4 amide bonds. The summed E-state index contributed by atoms with van der Waals surface area (Å²) in [4.78, 5) is 41.3. The maximum Gasteiger partial charge on any atom is 0.323 e. The van der Waals surface area contributed by atoms with Crippen molar-refractivity contribution in [3.8, 4) is 5.75 Å². The highest BCUT2D eigenvalue weighted by molar-refractivity contribution is 6.01. The van der Waals surface area contributed by atoms with Crippen molar-refractivity contribution in [3.05, 3.63) is 53.8 Å². The maximum absolute atomic E-state index is 13.9. The van der Waals surface area contributed by atoms with Gasteiger partial charge in [0.15, 0.2) is 0 Å². The molecular weight excluding hydrogens is 467 g/mol. The van der Waals surface area contributed by atoms with Crippen LogP contribution in [0.15, 0.2) is 42.5 Å². The average Bonchev–Trinajstić information content (AvgIpc) is 2.84. The molecule has 9 nitrogen and oxygen atoms in total. The molecule has 3 atom stereocenters. The van der Waals surface area contributed by atoms with E-state index in [0.717, 1.165) is 0 Å². The molecule has 0 aromatic heterocycles. The second-order valence-corrected chi connectivity index (χ2v) is 9.04. The van der Waals surface area contributed by atoms with Crippen molar-refractivity contribution in [2.45, 2.75) is 32.9 Å². The number of fused-ring (bicyclic) bond motifs is 1. The highest BCUT2D eigenvalue weighted by Gasteiger charge is 2.29. The van der Waals surface area contributed by atoms with Crippen LogP contribution >= 0.6 is 0 Å². The Morgan fingerprint density at radius 3 is 2.50 bits per heavy atom. The van der Waals surface area contributed by atoms with E-state index in [1.54, 1.807) is 42.2 Å². The summed E-state index contributed by atoms with van der Waals surface area (Å²) in [6, 6.07) is 9.58. The molecule has 0 bridgehead atoms. The van der Waals surface area contributed by atoms with Crippen LogP contribution < -0.4 is 15.4 Å². The molecule has 36 heavy (non-hydrogen) atoms. The minimum atomic E-state index is -0.648. The SMILES string of the molecule is CO[C@@H]1CN(C)C(=O)c2ccc(NC(=O)Nc3ccccc3F)cc2OC[C@@H](C)N(C(C)=O)C[C@@H]1C. The van der Waals surface area contributed by atoms with E-state index in [-0.39, 0.29) is 47.9 Å². The summed E-state index contributed by atoms with van der Waals surface area (Å²) >= 11 is 0. The van der Waals surface area contributed by atoms with Crippen molar-refractivity contribution in [1.82, 2.24) is 9.80 Å². The Bertz CT molecular complexity index is 1110. The Balaban J connectivity index is 1.88. The third-order valence-corrected chi connectivity index (χ3v) is 6.23. The van der Waals surface area contributed by atoms with Gasteiger partial charge in [0.2, 0.25) is 5.91 Å². The third kappa shape index (κ3) is 6.51. The van der Waals surface area contributed by atoms with Gasteiger partial charge in [-0.15, -0.1) is 0 Å². The topological polar surface area (TPSA) is 100 Å². The number of hydrogen-bond acceptors (Lipinski definition) is 5. The molecular formula is C26H33FN4O5. The summed E-state index contributed by atoms with van der Waals surface area (Å²) in [5, 5.41) is 5.09. The number of amides is 4. The van der Waals surface area contributed by atoms with Crippen molar-refractivity contribution >= 4 is 29.2 Å². The average molecular weight is 501 g/mol. The van der Waals surface area contributed by atoms with Crippen LogP contribution in [0.1, 0.15) is 31.1 Å². The summed E-state index contributed by atoms with van der Waals surface area (Å²) in [5.74, 6) is -0.675. The summed E-state index contributed by atoms with van der Waals surface area (Å²) in [5.41, 5.74) is 0.696. The van der Waals surface area contributed by atoms with Gasteiger partial charge < -0.3 is 29.9 Å². The number of nitrogens with zero attached hydrogens (tertiary/aromatic N) is 2. The lowest BCUT2D eigenvalue weighted by molar-refractivity contribution is -0.133. The van der Waals surface area contributed by atoms with Crippen LogP contribution in [0.25, 0.3) is 0 Å². The number of rotatable bonds is 3. The van der Waals surface area contributed by atoms with E-state index in [2.05, 4.69) is 10.6 Å². The molecule has 0 spiro atoms. The van der Waals surface area contributed by atoms with E-state index in [1.807, 2.05) is 13.8 Å². The van der Waals surface area contributed by atoms with Gasteiger partial charge in [-0.2, -0.15) is 0 Å². The molecule has 0 aliphatic carbocycles. The molecule has 2 aromatic rings. The first kappa shape index (κ1) is 26.9. The number of para-hydroxylation sites is 1. The fraction of sp³-hybridized carbons (Fsp3) is 0.423. The molecule has 10 heteroatoms. The predicted molar refractivity (Wildman–Crippen MR) is 135 cm³/mol. The van der Waals surface area contributed by atoms with Crippen molar-refractivity contribution < 1.29 is 28.2 Å². The summed E-state index contributed by atoms with van der Waals surface area (Å²) in [7, 11) is 3.27. The van der Waals surface area contributed by atoms with Crippen LogP contribution in [0.5, 0.6) is 5.75 Å². The van der Waals surface area contributed by atoms with Crippen molar-refractivity contribution in [2.75, 3.05) is 44.5 Å². The van der Waals surface area contributed by atoms with Gasteiger partial charge >= 0.3 is 6.03 Å². The van der Waals surface area contributed by atoms with Gasteiger partial charge in [-0.1, -0.05) is 19.1 Å². The number of nitrogens with one attached hydrogen (secondary N) is 2. The molecule has 1 aliphatic rings. The third-order valence-electron chi connectivity index (χ3n) is 6.23. The van der Waals surface area contributed by atoms with E-state index >= 15 is 0 Å². The molecule has 3 rings (SSSR count). The first-order valence-corrected chi connectivity index (χ1v) is 11.8. The zero-order valence-electron chi connectivity index (χ0n) is 21.2. The van der Waals surface area contributed by atoms with Crippen molar-refractivity contribution in [2.24, 2.45) is 5.92 Å². The van der Waals surface area contributed by atoms with Gasteiger partial charge in [-0.25, -0.2) is 9.18 Å². The van der Waals surface area contributed by atoms with E-state index in [9.17, 15) is 18.8 Å². The molecule has 0 unspecified atom stereocenters. The normalized spacial score (nSPS) is 20.9. The van der Waals surface area contributed by atoms with Crippen LogP contribution in [0.3, 0.4) is 0 Å². The highest BCUT2D eigenvalue weighted by atomic mass is 19.1. The Morgan fingerprint density at radius 2 is 1.83 bits per heavy atom. The fourth-order valence-corrected chi connectivity index (χ4v) is 4.14. The smallest absolute Gasteiger partial charge is 0.323 e. The molecule has 194 valence electrons. The van der Waals surface area contributed by atoms with Crippen LogP contribution in [0, 0.1) is 11.7 Å². The minimum absolute atomic E-state index is 0.0185. The maximum atomic E-state index is 13.9. The van der Waals surface area contributed by atoms with Crippen LogP contribution in [-0.4, -0.2) is 73.6 Å². The van der Waals surface area contributed by atoms with E-state index in [4.69, 9.17) is 9.47 Å². The largest absolute Gasteiger partial charge is 0.491 e. The molecule has 2 N–H and O–H groups in total. The van der Waals surface area contributed by atoms with Crippen LogP contribution in [0.2, 0.25) is 0 Å². The number of benzene rings is 2. The Morgan fingerprint density at radius 1 is 1.11 bits per heavy atom. The van der Waals surface area contributed by atoms with E-state index in [0.29, 0.717) is 24.3 Å². The molecule has 2 aromatic carbocycles. The van der Waals surface area contributed by atoms with E-state index < -0.39 is 11.8 Å². The number of methoxy groups -OCH3 is 1. The summed E-state index contributed by atoms with van der Waals surface area (Å²) < 4.78 is 25.5. The standard InChI is InChI=1S/C26H33FN4O5/c1-16-13-31(18(3)32)17(2)15-36-23-12-19(28-26(34)29-22-9-7-6-8-21(22)27)10-11-20(23)25(33)30(4)14-24(16)35-5/h6-12,16-17,24H,13-15H2,1-5H3,(H2,28,29,34)/t16-,17+,24+/m0/s1. The second kappa shape index (κ2) is 11.9. The minimum Gasteiger partial charge on any atom is -0.491 e. The van der Waals surface area contributed by atoms with Gasteiger partial charge in [0, 0.05) is 51.8 Å². The van der Waals surface area contributed by atoms with Crippen LogP contribution in [-0.2, 0) is 9.53 Å².